The van der Waals surface area contributed by atoms with Gasteiger partial charge < -0.3 is 28.4 Å². The van der Waals surface area contributed by atoms with Crippen LogP contribution in [0.3, 0.4) is 0 Å². The Bertz CT molecular complexity index is 1070. The molecule has 0 saturated heterocycles. The maximum atomic E-state index is 12.1. The van der Waals surface area contributed by atoms with E-state index in [4.69, 9.17) is 23.7 Å². The molecule has 12 nitrogen and oxygen atoms in total. The van der Waals surface area contributed by atoms with Gasteiger partial charge in [-0.1, -0.05) is 19.7 Å². The van der Waals surface area contributed by atoms with Crippen LogP contribution in [0.4, 0.5) is 0 Å². The fourth-order valence-electron chi connectivity index (χ4n) is 2.10. The molecule has 0 amide bonds. The Morgan fingerprint density at radius 3 is 1.27 bits per heavy atom. The van der Waals surface area contributed by atoms with E-state index in [0.717, 1.165) is 6.07 Å². The molecule has 12 heteroatoms. The van der Waals surface area contributed by atoms with Crippen LogP contribution in [-0.2, 0) is 54.3 Å². The second kappa shape index (κ2) is 14.6. The summed E-state index contributed by atoms with van der Waals surface area (Å²) >= 11 is 0. The first-order valence-electron chi connectivity index (χ1n) is 10.5. The summed E-state index contributed by atoms with van der Waals surface area (Å²) in [5.74, 6) is -5.52. The summed E-state index contributed by atoms with van der Waals surface area (Å²) in [6.07, 6.45) is 0. The van der Waals surface area contributed by atoms with E-state index in [2.05, 4.69) is 24.5 Å². The van der Waals surface area contributed by atoms with Crippen molar-refractivity contribution in [2.75, 3.05) is 19.8 Å². The molecule has 37 heavy (non-hydrogen) atoms. The van der Waals surface area contributed by atoms with Gasteiger partial charge in [-0.3, -0.25) is 0 Å². The van der Waals surface area contributed by atoms with Crippen LogP contribution in [0.2, 0.25) is 0 Å². The Hall–Kier alpha value is -4.74. The zero-order valence-electron chi connectivity index (χ0n) is 20.6. The molecule has 1 aromatic carbocycles. The molecule has 0 saturated carbocycles. The maximum absolute atomic E-state index is 12.1. The standard InChI is InChI=1S/C25H26O12/c1-14(2)23(29)33-11-20(26)32-10-17-7-18(36-21(27)12-34-24(30)15(3)4)9-19(8-17)37-22(28)13-35-25(31)16(5)6/h7-9H,1,3,5,10-13H2,2,4,6H3. The van der Waals surface area contributed by atoms with Gasteiger partial charge in [0.05, 0.1) is 0 Å². The van der Waals surface area contributed by atoms with Gasteiger partial charge in [0.2, 0.25) is 0 Å². The second-order valence-electron chi connectivity index (χ2n) is 7.49. The van der Waals surface area contributed by atoms with Gasteiger partial charge in [0.15, 0.2) is 19.8 Å². The Balaban J connectivity index is 2.94. The second-order valence-corrected chi connectivity index (χ2v) is 7.49. The average Bonchev–Trinajstić information content (AvgIpc) is 2.82. The average molecular weight is 518 g/mol. The highest BCUT2D eigenvalue weighted by Crippen LogP contribution is 2.24. The predicted octanol–water partition coefficient (Wildman–Crippen LogP) is 1.90. The SMILES string of the molecule is C=C(C)C(=O)OCC(=O)OCc1cc(OC(=O)COC(=O)C(=C)C)cc(OC(=O)COC(=O)C(=C)C)c1. The van der Waals surface area contributed by atoms with Gasteiger partial charge >= 0.3 is 35.8 Å². The minimum atomic E-state index is -0.969. The van der Waals surface area contributed by atoms with Crippen molar-refractivity contribution in [2.45, 2.75) is 27.4 Å². The molecule has 198 valence electrons. The van der Waals surface area contributed by atoms with Gasteiger partial charge in [-0.15, -0.1) is 0 Å². The molecule has 0 bridgehead atoms. The minimum absolute atomic E-state index is 0.0760. The molecule has 0 heterocycles. The van der Waals surface area contributed by atoms with Crippen molar-refractivity contribution in [3.8, 4) is 11.5 Å². The number of ether oxygens (including phenoxy) is 6. The van der Waals surface area contributed by atoms with Gasteiger partial charge in [0.25, 0.3) is 0 Å². The Labute approximate surface area is 212 Å². The van der Waals surface area contributed by atoms with E-state index in [1.54, 1.807) is 0 Å². The van der Waals surface area contributed by atoms with Crippen molar-refractivity contribution in [1.82, 2.24) is 0 Å². The quantitative estimate of drug-likeness (QED) is 0.162. The van der Waals surface area contributed by atoms with E-state index >= 15 is 0 Å². The number of carbonyl (C=O) groups is 6. The zero-order valence-corrected chi connectivity index (χ0v) is 20.6. The summed E-state index contributed by atoms with van der Waals surface area (Å²) < 4.78 is 29.3. The van der Waals surface area contributed by atoms with Crippen molar-refractivity contribution in [3.63, 3.8) is 0 Å². The molecule has 0 atom stereocenters. The molecular formula is C25H26O12. The molecule has 1 aromatic rings. The van der Waals surface area contributed by atoms with Crippen LogP contribution in [-0.4, -0.2) is 55.6 Å². The molecular weight excluding hydrogens is 492 g/mol. The van der Waals surface area contributed by atoms with Gasteiger partial charge in [-0.2, -0.15) is 0 Å². The highest BCUT2D eigenvalue weighted by Gasteiger charge is 2.16. The first kappa shape index (κ1) is 30.3. The summed E-state index contributed by atoms with van der Waals surface area (Å²) in [5.41, 5.74) is 0.446. The summed E-state index contributed by atoms with van der Waals surface area (Å²) in [5, 5.41) is 0. The van der Waals surface area contributed by atoms with E-state index in [1.807, 2.05) is 0 Å². The maximum Gasteiger partial charge on any atom is 0.349 e. The molecule has 0 radical (unpaired) electrons. The molecule has 0 aliphatic rings. The zero-order chi connectivity index (χ0) is 28.1. The number of rotatable bonds is 13. The third kappa shape index (κ3) is 12.0. The highest BCUT2D eigenvalue weighted by atomic mass is 16.6. The number of hydrogen-bond donors (Lipinski definition) is 0. The Kier molecular flexibility index (Phi) is 12.0. The third-order valence-electron chi connectivity index (χ3n) is 3.81. The number of esters is 6. The molecule has 0 fully saturated rings. The van der Waals surface area contributed by atoms with Crippen LogP contribution in [0.1, 0.15) is 26.3 Å². The largest absolute Gasteiger partial charge is 0.458 e. The number of benzene rings is 1. The molecule has 0 aromatic heterocycles. The topological polar surface area (TPSA) is 158 Å². The molecule has 1 rings (SSSR count). The lowest BCUT2D eigenvalue weighted by molar-refractivity contribution is -0.157. The van der Waals surface area contributed by atoms with Crippen molar-refractivity contribution in [1.29, 1.82) is 0 Å². The third-order valence-corrected chi connectivity index (χ3v) is 3.81. The van der Waals surface area contributed by atoms with Crippen LogP contribution in [0.15, 0.2) is 54.7 Å². The number of hydrogen-bond acceptors (Lipinski definition) is 12. The van der Waals surface area contributed by atoms with E-state index in [0.29, 0.717) is 0 Å². The van der Waals surface area contributed by atoms with E-state index in [-0.39, 0.29) is 33.8 Å². The smallest absolute Gasteiger partial charge is 0.349 e. The fraction of sp³-hybridized carbons (Fsp3) is 0.280. The van der Waals surface area contributed by atoms with Gasteiger partial charge in [-0.05, 0) is 38.5 Å². The predicted molar refractivity (Wildman–Crippen MR) is 125 cm³/mol. The Morgan fingerprint density at radius 2 is 0.919 bits per heavy atom. The molecule has 0 aliphatic heterocycles. The lowest BCUT2D eigenvalue weighted by Gasteiger charge is -2.12. The number of carbonyl (C=O) groups excluding carboxylic acids is 6. The van der Waals surface area contributed by atoms with Crippen molar-refractivity contribution >= 4 is 35.8 Å². The molecule has 0 aliphatic carbocycles. The van der Waals surface area contributed by atoms with Gasteiger partial charge in [-0.25, -0.2) is 28.8 Å². The fourth-order valence-corrected chi connectivity index (χ4v) is 2.10. The Morgan fingerprint density at radius 1 is 0.568 bits per heavy atom. The normalized spacial score (nSPS) is 9.81. The summed E-state index contributed by atoms with van der Waals surface area (Å²) in [7, 11) is 0. The summed E-state index contributed by atoms with van der Waals surface area (Å²) in [4.78, 5) is 70.3. The monoisotopic (exact) mass is 518 g/mol. The van der Waals surface area contributed by atoms with Crippen molar-refractivity contribution in [2.24, 2.45) is 0 Å². The summed E-state index contributed by atoms with van der Waals surface area (Å²) in [6.45, 7) is 11.8. The first-order chi connectivity index (χ1) is 17.3. The van der Waals surface area contributed by atoms with Crippen LogP contribution in [0.25, 0.3) is 0 Å². The van der Waals surface area contributed by atoms with Crippen LogP contribution < -0.4 is 9.47 Å². The summed E-state index contributed by atoms with van der Waals surface area (Å²) in [6, 6.07) is 3.71. The van der Waals surface area contributed by atoms with Crippen molar-refractivity contribution in [3.05, 3.63) is 60.2 Å². The van der Waals surface area contributed by atoms with E-state index in [9.17, 15) is 28.8 Å². The molecule has 0 spiro atoms. The molecule has 0 N–H and O–H groups in total. The van der Waals surface area contributed by atoms with Crippen molar-refractivity contribution < 1.29 is 57.2 Å². The van der Waals surface area contributed by atoms with Crippen LogP contribution >= 0.6 is 0 Å². The van der Waals surface area contributed by atoms with Crippen LogP contribution in [0, 0.1) is 0 Å². The minimum Gasteiger partial charge on any atom is -0.458 e. The lowest BCUT2D eigenvalue weighted by atomic mass is 10.2. The van der Waals surface area contributed by atoms with E-state index < -0.39 is 62.2 Å². The lowest BCUT2D eigenvalue weighted by Crippen LogP contribution is -2.20. The van der Waals surface area contributed by atoms with Gasteiger partial charge in [0.1, 0.15) is 18.1 Å². The highest BCUT2D eigenvalue weighted by molar-refractivity contribution is 5.90. The van der Waals surface area contributed by atoms with E-state index in [1.165, 1.54) is 32.9 Å². The molecule has 0 unspecified atom stereocenters. The van der Waals surface area contributed by atoms with Crippen LogP contribution in [0.5, 0.6) is 11.5 Å². The van der Waals surface area contributed by atoms with Gasteiger partial charge in [0, 0.05) is 22.8 Å². The first-order valence-corrected chi connectivity index (χ1v) is 10.5.